The summed E-state index contributed by atoms with van der Waals surface area (Å²) < 4.78 is 10.3. The Balaban J connectivity index is 2.35. The molecule has 0 saturated carbocycles. The zero-order chi connectivity index (χ0) is 17.2. The Morgan fingerprint density at radius 1 is 1.26 bits per heavy atom. The van der Waals surface area contributed by atoms with Crippen molar-refractivity contribution in [2.45, 2.75) is 33.3 Å². The SMILES string of the molecule is CCCNC(=O)NC(=O)COC(=O)[C@H](C)Oc1cccc(C)c1. The lowest BCUT2D eigenvalue weighted by molar-refractivity contribution is -0.154. The van der Waals surface area contributed by atoms with Crippen molar-refractivity contribution in [1.29, 1.82) is 0 Å². The normalized spacial score (nSPS) is 11.3. The molecule has 0 unspecified atom stereocenters. The lowest BCUT2D eigenvalue weighted by atomic mass is 10.2. The second-order valence-electron chi connectivity index (χ2n) is 4.99. The molecule has 7 heteroatoms. The van der Waals surface area contributed by atoms with Crippen LogP contribution < -0.4 is 15.4 Å². The van der Waals surface area contributed by atoms with Crippen LogP contribution in [0.15, 0.2) is 24.3 Å². The molecular formula is C16H22N2O5. The molecule has 0 spiro atoms. The number of carbonyl (C=O) groups excluding carboxylic acids is 3. The fourth-order valence-electron chi connectivity index (χ4n) is 1.64. The topological polar surface area (TPSA) is 93.7 Å². The molecule has 0 aliphatic heterocycles. The molecule has 126 valence electrons. The van der Waals surface area contributed by atoms with E-state index in [1.54, 1.807) is 12.1 Å². The van der Waals surface area contributed by atoms with Crippen molar-refractivity contribution in [3.63, 3.8) is 0 Å². The van der Waals surface area contributed by atoms with Crippen LogP contribution in [0, 0.1) is 6.92 Å². The van der Waals surface area contributed by atoms with Crippen LogP contribution in [0.5, 0.6) is 5.75 Å². The average Bonchev–Trinajstić information content (AvgIpc) is 2.50. The number of hydrogen-bond donors (Lipinski definition) is 2. The van der Waals surface area contributed by atoms with Crippen LogP contribution in [0.25, 0.3) is 0 Å². The Bertz CT molecular complexity index is 559. The minimum atomic E-state index is -0.862. The molecule has 1 atom stereocenters. The highest BCUT2D eigenvalue weighted by Crippen LogP contribution is 2.14. The summed E-state index contributed by atoms with van der Waals surface area (Å²) in [5.41, 5.74) is 1.00. The first kappa shape index (κ1) is 18.5. The smallest absolute Gasteiger partial charge is 0.347 e. The van der Waals surface area contributed by atoms with Crippen LogP contribution in [-0.4, -0.2) is 37.2 Å². The second-order valence-corrected chi connectivity index (χ2v) is 4.99. The number of hydrogen-bond acceptors (Lipinski definition) is 5. The van der Waals surface area contributed by atoms with Crippen molar-refractivity contribution in [2.75, 3.05) is 13.2 Å². The summed E-state index contributed by atoms with van der Waals surface area (Å²) in [6.45, 7) is 5.24. The van der Waals surface area contributed by atoms with Crippen molar-refractivity contribution in [3.8, 4) is 5.75 Å². The number of ether oxygens (including phenoxy) is 2. The first-order valence-electron chi connectivity index (χ1n) is 7.40. The molecule has 3 amide bonds. The van der Waals surface area contributed by atoms with Gasteiger partial charge in [-0.1, -0.05) is 19.1 Å². The molecule has 0 aliphatic carbocycles. The number of amides is 3. The summed E-state index contributed by atoms with van der Waals surface area (Å²) in [5.74, 6) is -0.844. The van der Waals surface area contributed by atoms with Gasteiger partial charge in [-0.05, 0) is 38.0 Å². The Labute approximate surface area is 135 Å². The van der Waals surface area contributed by atoms with Crippen LogP contribution >= 0.6 is 0 Å². The van der Waals surface area contributed by atoms with E-state index < -0.39 is 30.6 Å². The van der Waals surface area contributed by atoms with Gasteiger partial charge in [0, 0.05) is 6.54 Å². The molecule has 1 aromatic carbocycles. The third-order valence-corrected chi connectivity index (χ3v) is 2.77. The van der Waals surface area contributed by atoms with E-state index in [1.165, 1.54) is 6.92 Å². The van der Waals surface area contributed by atoms with Gasteiger partial charge in [-0.3, -0.25) is 10.1 Å². The van der Waals surface area contributed by atoms with Crippen molar-refractivity contribution in [3.05, 3.63) is 29.8 Å². The van der Waals surface area contributed by atoms with Crippen LogP contribution in [0.1, 0.15) is 25.8 Å². The highest BCUT2D eigenvalue weighted by atomic mass is 16.6. The van der Waals surface area contributed by atoms with E-state index in [2.05, 4.69) is 10.6 Å². The van der Waals surface area contributed by atoms with Gasteiger partial charge in [0.1, 0.15) is 5.75 Å². The molecule has 23 heavy (non-hydrogen) atoms. The number of urea groups is 1. The monoisotopic (exact) mass is 322 g/mol. The van der Waals surface area contributed by atoms with Crippen molar-refractivity contribution in [1.82, 2.24) is 10.6 Å². The van der Waals surface area contributed by atoms with Gasteiger partial charge in [-0.25, -0.2) is 9.59 Å². The summed E-state index contributed by atoms with van der Waals surface area (Å²) in [4.78, 5) is 34.5. The number of aryl methyl sites for hydroxylation is 1. The van der Waals surface area contributed by atoms with Crippen LogP contribution in [0.3, 0.4) is 0 Å². The van der Waals surface area contributed by atoms with Crippen molar-refractivity contribution in [2.24, 2.45) is 0 Å². The van der Waals surface area contributed by atoms with Crippen molar-refractivity contribution < 1.29 is 23.9 Å². The van der Waals surface area contributed by atoms with Gasteiger partial charge in [-0.15, -0.1) is 0 Å². The van der Waals surface area contributed by atoms with Crippen LogP contribution in [0.2, 0.25) is 0 Å². The molecule has 0 bridgehead atoms. The van der Waals surface area contributed by atoms with Gasteiger partial charge in [0.25, 0.3) is 5.91 Å². The first-order valence-corrected chi connectivity index (χ1v) is 7.40. The third kappa shape index (κ3) is 7.30. The minimum Gasteiger partial charge on any atom is -0.479 e. The van der Waals surface area contributed by atoms with E-state index in [9.17, 15) is 14.4 Å². The molecule has 0 aromatic heterocycles. The first-order chi connectivity index (χ1) is 10.9. The molecule has 1 rings (SSSR count). The van der Waals surface area contributed by atoms with E-state index in [-0.39, 0.29) is 0 Å². The third-order valence-electron chi connectivity index (χ3n) is 2.77. The molecule has 2 N–H and O–H groups in total. The lowest BCUT2D eigenvalue weighted by Gasteiger charge is -2.14. The fourth-order valence-corrected chi connectivity index (χ4v) is 1.64. The van der Waals surface area contributed by atoms with Gasteiger partial charge in [0.2, 0.25) is 0 Å². The highest BCUT2D eigenvalue weighted by Gasteiger charge is 2.18. The van der Waals surface area contributed by atoms with E-state index >= 15 is 0 Å². The van der Waals surface area contributed by atoms with Gasteiger partial charge in [0.15, 0.2) is 12.7 Å². The van der Waals surface area contributed by atoms with Gasteiger partial charge in [0.05, 0.1) is 0 Å². The molecule has 1 aromatic rings. The van der Waals surface area contributed by atoms with Crippen LogP contribution in [-0.2, 0) is 14.3 Å². The largest absolute Gasteiger partial charge is 0.479 e. The Kier molecular flexibility index (Phi) is 7.59. The maximum Gasteiger partial charge on any atom is 0.347 e. The van der Waals surface area contributed by atoms with E-state index in [1.807, 2.05) is 26.0 Å². The highest BCUT2D eigenvalue weighted by molar-refractivity contribution is 5.95. The number of rotatable bonds is 7. The molecule has 0 heterocycles. The van der Waals surface area contributed by atoms with Gasteiger partial charge >= 0.3 is 12.0 Å². The second kappa shape index (κ2) is 9.45. The van der Waals surface area contributed by atoms with Gasteiger partial charge in [-0.2, -0.15) is 0 Å². The summed E-state index contributed by atoms with van der Waals surface area (Å²) in [5, 5.41) is 4.53. The summed E-state index contributed by atoms with van der Waals surface area (Å²) >= 11 is 0. The average molecular weight is 322 g/mol. The predicted octanol–water partition coefficient (Wildman–Crippen LogP) is 1.54. The molecule has 7 nitrogen and oxygen atoms in total. The molecule has 0 fully saturated rings. The Morgan fingerprint density at radius 2 is 2.00 bits per heavy atom. The number of esters is 1. The summed E-state index contributed by atoms with van der Waals surface area (Å²) in [7, 11) is 0. The number of carbonyl (C=O) groups is 3. The number of imide groups is 1. The van der Waals surface area contributed by atoms with E-state index in [0.717, 1.165) is 12.0 Å². The maximum atomic E-state index is 11.8. The summed E-state index contributed by atoms with van der Waals surface area (Å²) in [6, 6.07) is 6.61. The van der Waals surface area contributed by atoms with E-state index in [4.69, 9.17) is 9.47 Å². The standard InChI is InChI=1S/C16H22N2O5/c1-4-8-17-16(21)18-14(19)10-22-15(20)12(3)23-13-7-5-6-11(2)9-13/h5-7,9,12H,4,8,10H2,1-3H3,(H2,17,18,19,21)/t12-/m0/s1. The Hall–Kier alpha value is -2.57. The number of nitrogens with one attached hydrogen (secondary N) is 2. The molecule has 0 radical (unpaired) electrons. The van der Waals surface area contributed by atoms with Crippen LogP contribution in [0.4, 0.5) is 4.79 Å². The van der Waals surface area contributed by atoms with Crippen molar-refractivity contribution >= 4 is 17.9 Å². The lowest BCUT2D eigenvalue weighted by Crippen LogP contribution is -2.42. The molecule has 0 aliphatic rings. The minimum absolute atomic E-state index is 0.459. The maximum absolute atomic E-state index is 11.8. The molecular weight excluding hydrogens is 300 g/mol. The van der Waals surface area contributed by atoms with E-state index in [0.29, 0.717) is 12.3 Å². The fraction of sp³-hybridized carbons (Fsp3) is 0.438. The Morgan fingerprint density at radius 3 is 2.65 bits per heavy atom. The van der Waals surface area contributed by atoms with Gasteiger partial charge < -0.3 is 14.8 Å². The zero-order valence-corrected chi connectivity index (χ0v) is 13.5. The summed E-state index contributed by atoms with van der Waals surface area (Å²) in [6.07, 6.45) is -0.108. The zero-order valence-electron chi connectivity index (χ0n) is 13.5. The molecule has 0 saturated heterocycles. The predicted molar refractivity (Wildman–Crippen MR) is 84.1 cm³/mol. The number of benzene rings is 1. The quantitative estimate of drug-likeness (QED) is 0.743.